The van der Waals surface area contributed by atoms with E-state index in [9.17, 15) is 14.0 Å². The predicted octanol–water partition coefficient (Wildman–Crippen LogP) is 3.17. The summed E-state index contributed by atoms with van der Waals surface area (Å²) in [4.78, 5) is 26.0. The van der Waals surface area contributed by atoms with Gasteiger partial charge in [-0.2, -0.15) is 0 Å². The van der Waals surface area contributed by atoms with E-state index in [2.05, 4.69) is 0 Å². The maximum absolute atomic E-state index is 13.4. The summed E-state index contributed by atoms with van der Waals surface area (Å²) >= 11 is 0. The van der Waals surface area contributed by atoms with E-state index in [-0.39, 0.29) is 24.5 Å². The first-order valence-electron chi connectivity index (χ1n) is 7.67. The fraction of sp³-hybridized carbons (Fsp3) is 0.529. The molecule has 1 atom stereocenters. The average molecular weight is 321 g/mol. The topological polar surface area (TPSA) is 55.8 Å². The van der Waals surface area contributed by atoms with Crippen molar-refractivity contribution in [3.8, 4) is 5.75 Å². The predicted molar refractivity (Wildman–Crippen MR) is 81.1 cm³/mol. The zero-order valence-electron chi connectivity index (χ0n) is 13.5. The highest BCUT2D eigenvalue weighted by atomic mass is 19.1. The largest absolute Gasteiger partial charge is 0.484 e. The third kappa shape index (κ3) is 3.16. The number of benzene rings is 1. The Hall–Kier alpha value is -2.11. The molecule has 0 N–H and O–H groups in total. The highest BCUT2D eigenvalue weighted by Gasteiger charge is 2.47. The summed E-state index contributed by atoms with van der Waals surface area (Å²) in [5.74, 6) is -0.278. The minimum Gasteiger partial charge on any atom is -0.484 e. The van der Waals surface area contributed by atoms with Crippen LogP contribution in [0.3, 0.4) is 0 Å². The lowest BCUT2D eigenvalue weighted by Gasteiger charge is -2.34. The summed E-state index contributed by atoms with van der Waals surface area (Å²) in [6, 6.07) is 3.92. The molecule has 5 nitrogen and oxygen atoms in total. The van der Waals surface area contributed by atoms with Crippen LogP contribution in [0.15, 0.2) is 18.2 Å². The number of fused-ring (bicyclic) bond motifs is 1. The lowest BCUT2D eigenvalue weighted by atomic mass is 9.89. The van der Waals surface area contributed by atoms with Gasteiger partial charge in [-0.25, -0.2) is 9.18 Å². The Balaban J connectivity index is 1.78. The molecule has 1 fully saturated rings. The molecule has 1 unspecified atom stereocenters. The highest BCUT2D eigenvalue weighted by molar-refractivity contribution is 6.00. The molecular formula is C17H20FNO4. The summed E-state index contributed by atoms with van der Waals surface area (Å²) in [5, 5.41) is 0. The van der Waals surface area contributed by atoms with Gasteiger partial charge in [-0.1, -0.05) is 0 Å². The molecule has 1 spiro atoms. The molecule has 23 heavy (non-hydrogen) atoms. The maximum atomic E-state index is 13.4. The second kappa shape index (κ2) is 5.22. The molecule has 0 saturated carbocycles. The van der Waals surface area contributed by atoms with Crippen LogP contribution in [0.2, 0.25) is 0 Å². The van der Waals surface area contributed by atoms with Gasteiger partial charge in [0.15, 0.2) is 5.78 Å². The molecule has 6 heteroatoms. The van der Waals surface area contributed by atoms with Crippen LogP contribution in [0.25, 0.3) is 0 Å². The average Bonchev–Trinajstić information content (AvgIpc) is 2.79. The van der Waals surface area contributed by atoms with Gasteiger partial charge in [0, 0.05) is 19.0 Å². The van der Waals surface area contributed by atoms with E-state index in [4.69, 9.17) is 9.47 Å². The van der Waals surface area contributed by atoms with E-state index >= 15 is 0 Å². The minimum atomic E-state index is -0.783. The van der Waals surface area contributed by atoms with Gasteiger partial charge in [-0.15, -0.1) is 0 Å². The van der Waals surface area contributed by atoms with Crippen molar-refractivity contribution in [2.45, 2.75) is 44.8 Å². The molecule has 0 bridgehead atoms. The van der Waals surface area contributed by atoms with Crippen molar-refractivity contribution >= 4 is 11.9 Å². The number of Topliss-reactive ketones (excluding diaryl/α,β-unsaturated/α-hetero) is 1. The Labute approximate surface area is 134 Å². The molecule has 3 rings (SSSR count). The van der Waals surface area contributed by atoms with Crippen molar-refractivity contribution in [2.75, 3.05) is 13.1 Å². The zero-order valence-corrected chi connectivity index (χ0v) is 13.5. The highest BCUT2D eigenvalue weighted by Crippen LogP contribution is 2.39. The number of halogens is 1. The van der Waals surface area contributed by atoms with Crippen LogP contribution in [0.1, 0.15) is 44.0 Å². The van der Waals surface area contributed by atoms with Crippen molar-refractivity contribution in [2.24, 2.45) is 0 Å². The molecule has 2 aliphatic rings. The van der Waals surface area contributed by atoms with Crippen LogP contribution >= 0.6 is 0 Å². The Bertz CT molecular complexity index is 667. The summed E-state index contributed by atoms with van der Waals surface area (Å²) in [6.45, 7) is 6.12. The number of hydrogen-bond donors (Lipinski definition) is 0. The van der Waals surface area contributed by atoms with Crippen LogP contribution in [0, 0.1) is 5.82 Å². The first-order chi connectivity index (χ1) is 10.7. The van der Waals surface area contributed by atoms with Gasteiger partial charge in [0.1, 0.15) is 22.8 Å². The number of ether oxygens (including phenoxy) is 2. The Morgan fingerprint density at radius 1 is 1.39 bits per heavy atom. The van der Waals surface area contributed by atoms with Crippen LogP contribution in [0.5, 0.6) is 5.75 Å². The molecule has 0 aliphatic carbocycles. The summed E-state index contributed by atoms with van der Waals surface area (Å²) < 4.78 is 24.7. The SMILES string of the molecule is CC(C)(C)OC(=O)N1CCC2(CC(=O)c3ccc(F)cc3O2)C1. The fourth-order valence-corrected chi connectivity index (χ4v) is 3.02. The van der Waals surface area contributed by atoms with Gasteiger partial charge in [-0.05, 0) is 32.9 Å². The van der Waals surface area contributed by atoms with Gasteiger partial charge in [0.2, 0.25) is 0 Å². The first-order valence-corrected chi connectivity index (χ1v) is 7.67. The lowest BCUT2D eigenvalue weighted by Crippen LogP contribution is -2.46. The summed E-state index contributed by atoms with van der Waals surface area (Å²) in [6.07, 6.45) is 0.286. The van der Waals surface area contributed by atoms with Crippen molar-refractivity contribution < 1.29 is 23.5 Å². The van der Waals surface area contributed by atoms with Crippen LogP contribution in [-0.4, -0.2) is 41.1 Å². The number of likely N-dealkylation sites (tertiary alicyclic amines) is 1. The van der Waals surface area contributed by atoms with E-state index in [1.807, 2.05) is 0 Å². The zero-order chi connectivity index (χ0) is 16.8. The standard InChI is InChI=1S/C17H20FNO4/c1-16(2,3)23-15(21)19-7-6-17(10-19)9-13(20)12-5-4-11(18)8-14(12)22-17/h4-5,8H,6-7,9-10H2,1-3H3. The Morgan fingerprint density at radius 2 is 2.13 bits per heavy atom. The molecule has 2 aliphatic heterocycles. The fourth-order valence-electron chi connectivity index (χ4n) is 3.02. The molecule has 124 valence electrons. The number of amides is 1. The quantitative estimate of drug-likeness (QED) is 0.736. The van der Waals surface area contributed by atoms with Gasteiger partial charge >= 0.3 is 6.09 Å². The van der Waals surface area contributed by atoms with Crippen LogP contribution in [0.4, 0.5) is 9.18 Å². The van der Waals surface area contributed by atoms with Gasteiger partial charge in [0.05, 0.1) is 18.5 Å². The number of hydrogen-bond acceptors (Lipinski definition) is 4. The van der Waals surface area contributed by atoms with Gasteiger partial charge < -0.3 is 14.4 Å². The monoisotopic (exact) mass is 321 g/mol. The van der Waals surface area contributed by atoms with E-state index in [0.717, 1.165) is 0 Å². The first kappa shape index (κ1) is 15.8. The van der Waals surface area contributed by atoms with Crippen molar-refractivity contribution in [1.29, 1.82) is 0 Å². The molecule has 1 aromatic rings. The summed E-state index contributed by atoms with van der Waals surface area (Å²) in [5.41, 5.74) is -0.964. The molecule has 1 amide bonds. The van der Waals surface area contributed by atoms with E-state index in [0.29, 0.717) is 18.5 Å². The molecule has 1 saturated heterocycles. The van der Waals surface area contributed by atoms with Gasteiger partial charge in [-0.3, -0.25) is 4.79 Å². The molecule has 2 heterocycles. The van der Waals surface area contributed by atoms with E-state index < -0.39 is 23.1 Å². The van der Waals surface area contributed by atoms with Crippen LogP contribution in [-0.2, 0) is 4.74 Å². The number of carbonyl (C=O) groups excluding carboxylic acids is 2. The van der Waals surface area contributed by atoms with Gasteiger partial charge in [0.25, 0.3) is 0 Å². The molecular weight excluding hydrogens is 301 g/mol. The number of ketones is 1. The smallest absolute Gasteiger partial charge is 0.410 e. The number of carbonyl (C=O) groups is 2. The lowest BCUT2D eigenvalue weighted by molar-refractivity contribution is 0.0171. The third-order valence-corrected chi connectivity index (χ3v) is 4.02. The van der Waals surface area contributed by atoms with E-state index in [1.54, 1.807) is 25.7 Å². The number of nitrogens with zero attached hydrogens (tertiary/aromatic N) is 1. The van der Waals surface area contributed by atoms with E-state index in [1.165, 1.54) is 18.2 Å². The van der Waals surface area contributed by atoms with Crippen molar-refractivity contribution in [1.82, 2.24) is 4.90 Å². The molecule has 0 radical (unpaired) electrons. The minimum absolute atomic E-state index is 0.0858. The van der Waals surface area contributed by atoms with Crippen LogP contribution < -0.4 is 4.74 Å². The molecule has 0 aromatic heterocycles. The normalized spacial score (nSPS) is 23.7. The third-order valence-electron chi connectivity index (χ3n) is 4.02. The molecule has 1 aromatic carbocycles. The second-order valence-electron chi connectivity index (χ2n) is 7.18. The summed E-state index contributed by atoms with van der Waals surface area (Å²) in [7, 11) is 0. The van der Waals surface area contributed by atoms with Crippen molar-refractivity contribution in [3.63, 3.8) is 0 Å². The Morgan fingerprint density at radius 3 is 2.83 bits per heavy atom. The van der Waals surface area contributed by atoms with Crippen molar-refractivity contribution in [3.05, 3.63) is 29.6 Å². The maximum Gasteiger partial charge on any atom is 0.410 e. The second-order valence-corrected chi connectivity index (χ2v) is 7.18. The Kier molecular flexibility index (Phi) is 3.58. The number of rotatable bonds is 0.